The fraction of sp³-hybridized carbons (Fsp3) is 0.438. The minimum Gasteiger partial charge on any atom is -0.384 e. The van der Waals surface area contributed by atoms with Crippen molar-refractivity contribution in [2.75, 3.05) is 11.9 Å². The number of nitrogens with zero attached hydrogens (tertiary/aromatic N) is 1. The summed E-state index contributed by atoms with van der Waals surface area (Å²) in [4.78, 5) is 4.61. The minimum atomic E-state index is 0.508. The second-order valence-electron chi connectivity index (χ2n) is 5.58. The number of rotatable bonds is 3. The third-order valence-electron chi connectivity index (χ3n) is 3.65. The fourth-order valence-electron chi connectivity index (χ4n) is 2.60. The van der Waals surface area contributed by atoms with E-state index in [0.29, 0.717) is 6.04 Å². The lowest BCUT2D eigenvalue weighted by molar-refractivity contribution is 0.589. The molecule has 100 valence electrons. The number of aryl methyl sites for hydroxylation is 1. The largest absolute Gasteiger partial charge is 0.384 e. The van der Waals surface area contributed by atoms with Crippen LogP contribution in [0.3, 0.4) is 0 Å². The normalized spacial score (nSPS) is 14.5. The van der Waals surface area contributed by atoms with E-state index in [2.05, 4.69) is 47.7 Å². The van der Waals surface area contributed by atoms with Gasteiger partial charge in [-0.1, -0.05) is 26.0 Å². The van der Waals surface area contributed by atoms with Crippen molar-refractivity contribution in [3.05, 3.63) is 35.5 Å². The number of anilines is 1. The quantitative estimate of drug-likeness (QED) is 0.885. The van der Waals surface area contributed by atoms with Crippen LogP contribution in [0.1, 0.15) is 31.4 Å². The first-order valence-electron chi connectivity index (χ1n) is 7.12. The third kappa shape index (κ3) is 2.56. The average molecular weight is 255 g/mol. The Hall–Kier alpha value is -1.61. The van der Waals surface area contributed by atoms with Gasteiger partial charge in [0.25, 0.3) is 0 Å². The van der Waals surface area contributed by atoms with E-state index in [0.717, 1.165) is 25.0 Å². The molecule has 0 saturated heterocycles. The van der Waals surface area contributed by atoms with Crippen molar-refractivity contribution in [2.24, 2.45) is 0 Å². The first-order chi connectivity index (χ1) is 9.24. The van der Waals surface area contributed by atoms with E-state index >= 15 is 0 Å². The van der Waals surface area contributed by atoms with Crippen molar-refractivity contribution in [3.63, 3.8) is 0 Å². The summed E-state index contributed by atoms with van der Waals surface area (Å²) in [5.41, 5.74) is 5.03. The molecule has 0 unspecified atom stereocenters. The van der Waals surface area contributed by atoms with Crippen LogP contribution in [0.5, 0.6) is 0 Å². The fourth-order valence-corrected chi connectivity index (χ4v) is 2.60. The summed E-state index contributed by atoms with van der Waals surface area (Å²) in [5.74, 6) is 0. The van der Waals surface area contributed by atoms with Gasteiger partial charge in [0.2, 0.25) is 0 Å². The van der Waals surface area contributed by atoms with Gasteiger partial charge in [-0.05, 0) is 30.0 Å². The zero-order chi connectivity index (χ0) is 13.2. The molecule has 1 aromatic carbocycles. The molecule has 1 aromatic heterocycles. The molecular weight excluding hydrogens is 234 g/mol. The number of pyridine rings is 1. The summed E-state index contributed by atoms with van der Waals surface area (Å²) in [5, 5.41) is 8.22. The molecule has 19 heavy (non-hydrogen) atoms. The molecule has 0 amide bonds. The van der Waals surface area contributed by atoms with Crippen molar-refractivity contribution in [1.29, 1.82) is 0 Å². The van der Waals surface area contributed by atoms with E-state index in [1.807, 2.05) is 6.20 Å². The molecule has 2 heterocycles. The highest BCUT2D eigenvalue weighted by atomic mass is 14.9. The minimum absolute atomic E-state index is 0.508. The van der Waals surface area contributed by atoms with E-state index in [1.54, 1.807) is 0 Å². The van der Waals surface area contributed by atoms with Crippen LogP contribution in [0.2, 0.25) is 0 Å². The van der Waals surface area contributed by atoms with Gasteiger partial charge in [-0.25, -0.2) is 0 Å². The smallest absolute Gasteiger partial charge is 0.0726 e. The molecule has 0 bridgehead atoms. The number of nitrogens with one attached hydrogen (secondary N) is 2. The Labute approximate surface area is 114 Å². The Morgan fingerprint density at radius 1 is 1.37 bits per heavy atom. The van der Waals surface area contributed by atoms with Crippen molar-refractivity contribution >= 4 is 16.6 Å². The van der Waals surface area contributed by atoms with Crippen LogP contribution in [-0.2, 0) is 13.0 Å². The van der Waals surface area contributed by atoms with Gasteiger partial charge in [0.15, 0.2) is 0 Å². The molecule has 0 aliphatic carbocycles. The van der Waals surface area contributed by atoms with Crippen LogP contribution < -0.4 is 10.6 Å². The van der Waals surface area contributed by atoms with Crippen LogP contribution in [-0.4, -0.2) is 17.6 Å². The van der Waals surface area contributed by atoms with E-state index in [1.165, 1.54) is 28.6 Å². The van der Waals surface area contributed by atoms with E-state index in [4.69, 9.17) is 0 Å². The van der Waals surface area contributed by atoms with Crippen molar-refractivity contribution in [3.8, 4) is 0 Å². The molecule has 0 atom stereocenters. The highest BCUT2D eigenvalue weighted by Crippen LogP contribution is 2.29. The molecule has 0 radical (unpaired) electrons. The van der Waals surface area contributed by atoms with Crippen LogP contribution in [0, 0.1) is 0 Å². The van der Waals surface area contributed by atoms with Crippen molar-refractivity contribution in [1.82, 2.24) is 10.3 Å². The number of fused-ring (bicyclic) bond motifs is 3. The number of hydrogen-bond donors (Lipinski definition) is 2. The second kappa shape index (κ2) is 5.17. The summed E-state index contributed by atoms with van der Waals surface area (Å²) < 4.78 is 0. The Kier molecular flexibility index (Phi) is 3.38. The maximum atomic E-state index is 4.61. The van der Waals surface area contributed by atoms with Crippen molar-refractivity contribution < 1.29 is 0 Å². The summed E-state index contributed by atoms with van der Waals surface area (Å²) in [6, 6.07) is 7.11. The number of hydrogen-bond acceptors (Lipinski definition) is 3. The second-order valence-corrected chi connectivity index (χ2v) is 5.58. The van der Waals surface area contributed by atoms with Crippen LogP contribution >= 0.6 is 0 Å². The lowest BCUT2D eigenvalue weighted by Gasteiger charge is -2.19. The molecule has 0 fully saturated rings. The summed E-state index contributed by atoms with van der Waals surface area (Å²) in [7, 11) is 0. The molecule has 3 rings (SSSR count). The van der Waals surface area contributed by atoms with Gasteiger partial charge in [0, 0.05) is 36.4 Å². The van der Waals surface area contributed by atoms with E-state index in [-0.39, 0.29) is 0 Å². The number of benzene rings is 1. The molecule has 3 heteroatoms. The molecular formula is C16H21N3. The van der Waals surface area contributed by atoms with Gasteiger partial charge in [-0.2, -0.15) is 0 Å². The highest BCUT2D eigenvalue weighted by molar-refractivity contribution is 5.93. The first kappa shape index (κ1) is 12.4. The predicted molar refractivity (Wildman–Crippen MR) is 80.5 cm³/mol. The molecule has 0 saturated carbocycles. The van der Waals surface area contributed by atoms with Gasteiger partial charge in [-0.15, -0.1) is 0 Å². The monoisotopic (exact) mass is 255 g/mol. The predicted octanol–water partition coefficient (Wildman–Crippen LogP) is 3.09. The zero-order valence-corrected chi connectivity index (χ0v) is 11.7. The van der Waals surface area contributed by atoms with E-state index in [9.17, 15) is 0 Å². The van der Waals surface area contributed by atoms with Crippen molar-refractivity contribution in [2.45, 2.75) is 39.3 Å². The summed E-state index contributed by atoms with van der Waals surface area (Å²) >= 11 is 0. The summed E-state index contributed by atoms with van der Waals surface area (Å²) in [6.07, 6.45) is 4.38. The van der Waals surface area contributed by atoms with Crippen LogP contribution in [0.4, 0.5) is 5.69 Å². The van der Waals surface area contributed by atoms with E-state index < -0.39 is 0 Å². The average Bonchev–Trinajstić information content (AvgIpc) is 2.44. The van der Waals surface area contributed by atoms with Gasteiger partial charge in [0.1, 0.15) is 0 Å². The zero-order valence-electron chi connectivity index (χ0n) is 11.7. The SMILES string of the molecule is CC(C)NCc1ccc2c3c(cnc2c1)CCCN3. The molecule has 2 aromatic rings. The Morgan fingerprint density at radius 3 is 3.11 bits per heavy atom. The van der Waals surface area contributed by atoms with Crippen LogP contribution in [0.15, 0.2) is 24.4 Å². The maximum absolute atomic E-state index is 4.61. The van der Waals surface area contributed by atoms with Gasteiger partial charge < -0.3 is 10.6 Å². The maximum Gasteiger partial charge on any atom is 0.0726 e. The van der Waals surface area contributed by atoms with Gasteiger partial charge in [-0.3, -0.25) is 4.98 Å². The van der Waals surface area contributed by atoms with Gasteiger partial charge in [0.05, 0.1) is 5.52 Å². The molecule has 1 aliphatic heterocycles. The molecule has 3 nitrogen and oxygen atoms in total. The lowest BCUT2D eigenvalue weighted by Crippen LogP contribution is -2.21. The molecule has 2 N–H and O–H groups in total. The topological polar surface area (TPSA) is 37.0 Å². The first-order valence-corrected chi connectivity index (χ1v) is 7.12. The van der Waals surface area contributed by atoms with Crippen LogP contribution in [0.25, 0.3) is 10.9 Å². The third-order valence-corrected chi connectivity index (χ3v) is 3.65. The Bertz CT molecular complexity index is 590. The summed E-state index contributed by atoms with van der Waals surface area (Å²) in [6.45, 7) is 6.31. The van der Waals surface area contributed by atoms with Gasteiger partial charge >= 0.3 is 0 Å². The standard InChI is InChI=1S/C16H21N3/c1-11(2)18-9-12-5-6-14-15(8-12)19-10-13-4-3-7-17-16(13)14/h5-6,8,10-11,17-18H,3-4,7,9H2,1-2H3. The Morgan fingerprint density at radius 2 is 2.26 bits per heavy atom. The number of aromatic nitrogens is 1. The highest BCUT2D eigenvalue weighted by Gasteiger charge is 2.12. The molecule has 0 spiro atoms. The Balaban J connectivity index is 1.96. The lowest BCUT2D eigenvalue weighted by atomic mass is 10.0. The molecule has 1 aliphatic rings.